The van der Waals surface area contributed by atoms with Gasteiger partial charge in [-0.05, 0) is 53.9 Å². The fourth-order valence-electron chi connectivity index (χ4n) is 4.42. The summed E-state index contributed by atoms with van der Waals surface area (Å²) in [7, 11) is 1.54. The van der Waals surface area contributed by atoms with Gasteiger partial charge in [0.2, 0.25) is 0 Å². The summed E-state index contributed by atoms with van der Waals surface area (Å²) in [5, 5.41) is 4.58. The van der Waals surface area contributed by atoms with Crippen molar-refractivity contribution in [2.24, 2.45) is 0 Å². The summed E-state index contributed by atoms with van der Waals surface area (Å²) in [5.41, 5.74) is 4.46. The van der Waals surface area contributed by atoms with Gasteiger partial charge < -0.3 is 19.9 Å². The second-order valence-electron chi connectivity index (χ2n) is 7.74. The third-order valence-electron chi connectivity index (χ3n) is 5.88. The van der Waals surface area contributed by atoms with E-state index in [0.717, 1.165) is 22.2 Å². The maximum Gasteiger partial charge on any atom is 0.322 e. The molecule has 0 saturated carbocycles. The Kier molecular flexibility index (Phi) is 5.23. The standard InChI is InChI=1S/C25H21ClFN3O2/c1-32-22-11-8-16(26)14-21(22)29-25(31)30-13-12-19-18-4-2-3-5-20(18)28-23(19)24(30)15-6-9-17(27)10-7-15/h2-11,14,24,28H,12-13H2,1H3,(H,29,31)/t24-/m1/s1. The zero-order valence-electron chi connectivity index (χ0n) is 17.4. The highest BCUT2D eigenvalue weighted by atomic mass is 35.5. The van der Waals surface area contributed by atoms with Gasteiger partial charge in [0.1, 0.15) is 11.6 Å². The molecule has 7 heteroatoms. The van der Waals surface area contributed by atoms with Crippen molar-refractivity contribution in [3.8, 4) is 5.75 Å². The normalized spacial score (nSPS) is 15.5. The minimum absolute atomic E-state index is 0.288. The van der Waals surface area contributed by atoms with Gasteiger partial charge in [0.05, 0.1) is 18.8 Å². The number of hydrogen-bond acceptors (Lipinski definition) is 2. The van der Waals surface area contributed by atoms with Crippen molar-refractivity contribution < 1.29 is 13.9 Å². The molecule has 32 heavy (non-hydrogen) atoms. The number of benzene rings is 3. The second kappa shape index (κ2) is 8.20. The topological polar surface area (TPSA) is 57.4 Å². The summed E-state index contributed by atoms with van der Waals surface area (Å²) in [6.07, 6.45) is 0.705. The van der Waals surface area contributed by atoms with Gasteiger partial charge in [-0.3, -0.25) is 0 Å². The number of nitrogens with zero attached hydrogens (tertiary/aromatic N) is 1. The van der Waals surface area contributed by atoms with Crippen LogP contribution < -0.4 is 10.1 Å². The monoisotopic (exact) mass is 449 g/mol. The highest BCUT2D eigenvalue weighted by molar-refractivity contribution is 6.31. The molecular formula is C25H21ClFN3O2. The van der Waals surface area contributed by atoms with Crippen molar-refractivity contribution in [1.29, 1.82) is 0 Å². The Morgan fingerprint density at radius 2 is 1.94 bits per heavy atom. The van der Waals surface area contributed by atoms with Gasteiger partial charge in [0, 0.05) is 28.2 Å². The average molecular weight is 450 g/mol. The number of para-hydroxylation sites is 1. The van der Waals surface area contributed by atoms with Gasteiger partial charge in [-0.25, -0.2) is 9.18 Å². The molecule has 0 saturated heterocycles. The third kappa shape index (κ3) is 3.56. The molecule has 2 N–H and O–H groups in total. The minimum Gasteiger partial charge on any atom is -0.495 e. The Morgan fingerprint density at radius 3 is 2.72 bits per heavy atom. The number of urea groups is 1. The first-order chi connectivity index (χ1) is 15.5. The van der Waals surface area contributed by atoms with Crippen LogP contribution in [0.3, 0.4) is 0 Å². The van der Waals surface area contributed by atoms with E-state index in [9.17, 15) is 9.18 Å². The van der Waals surface area contributed by atoms with E-state index in [1.165, 1.54) is 24.8 Å². The minimum atomic E-state index is -0.392. The van der Waals surface area contributed by atoms with Gasteiger partial charge >= 0.3 is 6.03 Å². The molecule has 0 unspecified atom stereocenters. The number of ether oxygens (including phenoxy) is 1. The van der Waals surface area contributed by atoms with Crippen LogP contribution in [0.2, 0.25) is 5.02 Å². The van der Waals surface area contributed by atoms with E-state index >= 15 is 0 Å². The van der Waals surface area contributed by atoms with Gasteiger partial charge in [-0.2, -0.15) is 0 Å². The molecule has 0 spiro atoms. The predicted octanol–water partition coefficient (Wildman–Crippen LogP) is 6.15. The lowest BCUT2D eigenvalue weighted by molar-refractivity contribution is 0.193. The summed E-state index contributed by atoms with van der Waals surface area (Å²) in [6, 6.07) is 18.8. The van der Waals surface area contributed by atoms with Crippen molar-refractivity contribution in [3.63, 3.8) is 0 Å². The van der Waals surface area contributed by atoms with Crippen LogP contribution in [0.25, 0.3) is 10.9 Å². The van der Waals surface area contributed by atoms with Crippen LogP contribution in [0, 0.1) is 5.82 Å². The van der Waals surface area contributed by atoms with Crippen LogP contribution in [0.4, 0.5) is 14.9 Å². The SMILES string of the molecule is COc1ccc(Cl)cc1NC(=O)N1CCc2c([nH]c3ccccc23)[C@H]1c1ccc(F)cc1. The molecule has 3 aromatic carbocycles. The van der Waals surface area contributed by atoms with Gasteiger partial charge in [-0.1, -0.05) is 41.9 Å². The molecule has 1 aliphatic heterocycles. The molecule has 0 fully saturated rings. The number of rotatable bonds is 3. The molecule has 0 aliphatic carbocycles. The maximum absolute atomic E-state index is 13.7. The molecule has 1 aromatic heterocycles. The lowest BCUT2D eigenvalue weighted by Crippen LogP contribution is -2.43. The van der Waals surface area contributed by atoms with Crippen LogP contribution in [0.5, 0.6) is 5.75 Å². The first-order valence-electron chi connectivity index (χ1n) is 10.3. The quantitative estimate of drug-likeness (QED) is 0.394. The molecule has 5 nitrogen and oxygen atoms in total. The van der Waals surface area contributed by atoms with E-state index in [1.807, 2.05) is 18.2 Å². The highest BCUT2D eigenvalue weighted by Gasteiger charge is 2.34. The number of aromatic nitrogens is 1. The van der Waals surface area contributed by atoms with E-state index in [2.05, 4.69) is 16.4 Å². The lowest BCUT2D eigenvalue weighted by atomic mass is 9.92. The largest absolute Gasteiger partial charge is 0.495 e. The van der Waals surface area contributed by atoms with E-state index in [1.54, 1.807) is 35.2 Å². The number of anilines is 1. The Balaban J connectivity index is 1.57. The summed E-state index contributed by atoms with van der Waals surface area (Å²) in [6.45, 7) is 0.506. The number of methoxy groups -OCH3 is 1. The molecule has 0 radical (unpaired) electrons. The zero-order valence-corrected chi connectivity index (χ0v) is 18.1. The molecule has 2 amide bonds. The second-order valence-corrected chi connectivity index (χ2v) is 8.17. The van der Waals surface area contributed by atoms with Crippen LogP contribution in [0.1, 0.15) is 22.9 Å². The average Bonchev–Trinajstić information content (AvgIpc) is 3.18. The Labute approximate surface area is 189 Å². The van der Waals surface area contributed by atoms with E-state index < -0.39 is 6.04 Å². The highest BCUT2D eigenvalue weighted by Crippen LogP contribution is 2.39. The number of halogens is 2. The Hall–Kier alpha value is -3.51. The molecule has 4 aromatic rings. The third-order valence-corrected chi connectivity index (χ3v) is 6.12. The van der Waals surface area contributed by atoms with Crippen LogP contribution in [-0.2, 0) is 6.42 Å². The molecule has 1 atom stereocenters. The summed E-state index contributed by atoms with van der Waals surface area (Å²) in [5.74, 6) is 0.200. The molecule has 1 aliphatic rings. The van der Waals surface area contributed by atoms with Crippen molar-refractivity contribution >= 4 is 34.2 Å². The number of aromatic amines is 1. The number of H-pyrrole nitrogens is 1. The number of fused-ring (bicyclic) bond motifs is 3. The fourth-order valence-corrected chi connectivity index (χ4v) is 4.59. The molecule has 0 bridgehead atoms. The summed E-state index contributed by atoms with van der Waals surface area (Å²) >= 11 is 6.13. The number of carbonyl (C=O) groups excluding carboxylic acids is 1. The summed E-state index contributed by atoms with van der Waals surface area (Å²) in [4.78, 5) is 18.7. The molecule has 5 rings (SSSR count). The van der Waals surface area contributed by atoms with Crippen LogP contribution in [-0.4, -0.2) is 29.6 Å². The van der Waals surface area contributed by atoms with Crippen molar-refractivity contribution in [3.05, 3.63) is 94.4 Å². The molecule has 2 heterocycles. The van der Waals surface area contributed by atoms with Crippen LogP contribution >= 0.6 is 11.6 Å². The number of nitrogens with one attached hydrogen (secondary N) is 2. The fraction of sp³-hybridized carbons (Fsp3) is 0.160. The van der Waals surface area contributed by atoms with E-state index in [4.69, 9.17) is 16.3 Å². The first kappa shape index (κ1) is 20.4. The van der Waals surface area contributed by atoms with Crippen molar-refractivity contribution in [2.45, 2.75) is 12.5 Å². The maximum atomic E-state index is 13.7. The molecule has 162 valence electrons. The van der Waals surface area contributed by atoms with Gasteiger partial charge in [-0.15, -0.1) is 0 Å². The van der Waals surface area contributed by atoms with Crippen molar-refractivity contribution in [1.82, 2.24) is 9.88 Å². The number of carbonyl (C=O) groups is 1. The zero-order chi connectivity index (χ0) is 22.2. The van der Waals surface area contributed by atoms with E-state index in [-0.39, 0.29) is 11.8 Å². The lowest BCUT2D eigenvalue weighted by Gasteiger charge is -2.36. The van der Waals surface area contributed by atoms with Crippen molar-refractivity contribution in [2.75, 3.05) is 19.0 Å². The van der Waals surface area contributed by atoms with E-state index in [0.29, 0.717) is 29.4 Å². The number of hydrogen-bond donors (Lipinski definition) is 2. The summed E-state index contributed by atoms with van der Waals surface area (Å²) < 4.78 is 19.0. The van der Waals surface area contributed by atoms with Gasteiger partial charge in [0.15, 0.2) is 0 Å². The molecular weight excluding hydrogens is 429 g/mol. The van der Waals surface area contributed by atoms with Gasteiger partial charge in [0.25, 0.3) is 0 Å². The van der Waals surface area contributed by atoms with Crippen LogP contribution in [0.15, 0.2) is 66.7 Å². The Bertz CT molecular complexity index is 1300. The Morgan fingerprint density at radius 1 is 1.16 bits per heavy atom. The first-order valence-corrected chi connectivity index (χ1v) is 10.7. The number of amides is 2. The predicted molar refractivity (Wildman–Crippen MR) is 124 cm³/mol. The smallest absolute Gasteiger partial charge is 0.322 e.